The lowest BCUT2D eigenvalue weighted by atomic mass is 10.1. The summed E-state index contributed by atoms with van der Waals surface area (Å²) in [5, 5.41) is 10.4. The van der Waals surface area contributed by atoms with Gasteiger partial charge in [0.25, 0.3) is 0 Å². The molecule has 1 unspecified atom stereocenters. The van der Waals surface area contributed by atoms with Crippen LogP contribution in [0.4, 0.5) is 5.69 Å². The third kappa shape index (κ3) is 1.78. The Morgan fingerprint density at radius 1 is 1.35 bits per heavy atom. The number of benzene rings is 1. The van der Waals surface area contributed by atoms with Crippen molar-refractivity contribution in [2.24, 2.45) is 0 Å². The molecule has 0 saturated carbocycles. The molecule has 1 atom stereocenters. The Hall–Kier alpha value is -1.56. The minimum absolute atomic E-state index is 0.0826. The van der Waals surface area contributed by atoms with Crippen LogP contribution in [0, 0.1) is 13.8 Å². The SMILES string of the molecule is Cc1cc2c(cc1C)S(=O)(=O)C(C(=O)O)CN2. The summed E-state index contributed by atoms with van der Waals surface area (Å²) in [7, 11) is -3.78. The molecule has 5 nitrogen and oxygen atoms in total. The Balaban J connectivity index is 2.65. The van der Waals surface area contributed by atoms with E-state index in [1.165, 1.54) is 6.07 Å². The lowest BCUT2D eigenvalue weighted by Crippen LogP contribution is -2.40. The lowest BCUT2D eigenvalue weighted by molar-refractivity contribution is -0.136. The first-order valence-corrected chi connectivity index (χ1v) is 6.70. The molecule has 0 aliphatic carbocycles. The average Bonchev–Trinajstić information content (AvgIpc) is 2.20. The van der Waals surface area contributed by atoms with Crippen molar-refractivity contribution < 1.29 is 18.3 Å². The Morgan fingerprint density at radius 3 is 2.53 bits per heavy atom. The normalized spacial score (nSPS) is 21.4. The highest BCUT2D eigenvalue weighted by Crippen LogP contribution is 2.32. The van der Waals surface area contributed by atoms with Gasteiger partial charge in [0.1, 0.15) is 0 Å². The highest BCUT2D eigenvalue weighted by atomic mass is 32.2. The molecule has 1 aromatic rings. The van der Waals surface area contributed by atoms with Gasteiger partial charge in [-0.25, -0.2) is 8.42 Å². The van der Waals surface area contributed by atoms with E-state index in [4.69, 9.17) is 5.11 Å². The molecular weight excluding hydrogens is 242 g/mol. The molecule has 0 fully saturated rings. The first-order valence-electron chi connectivity index (χ1n) is 5.16. The number of carboxylic acid groups (broad SMARTS) is 1. The first-order chi connectivity index (χ1) is 7.84. The van der Waals surface area contributed by atoms with E-state index in [1.54, 1.807) is 13.0 Å². The van der Waals surface area contributed by atoms with E-state index < -0.39 is 21.1 Å². The topological polar surface area (TPSA) is 83.5 Å². The minimum Gasteiger partial charge on any atom is -0.480 e. The molecule has 2 N–H and O–H groups in total. The van der Waals surface area contributed by atoms with Gasteiger partial charge in [-0.1, -0.05) is 0 Å². The minimum atomic E-state index is -3.78. The number of sulfone groups is 1. The van der Waals surface area contributed by atoms with Crippen LogP contribution in [0.3, 0.4) is 0 Å². The van der Waals surface area contributed by atoms with Crippen LogP contribution >= 0.6 is 0 Å². The van der Waals surface area contributed by atoms with E-state index in [-0.39, 0.29) is 11.4 Å². The summed E-state index contributed by atoms with van der Waals surface area (Å²) in [5.41, 5.74) is 2.30. The van der Waals surface area contributed by atoms with Crippen LogP contribution in [0.2, 0.25) is 0 Å². The fourth-order valence-electron chi connectivity index (χ4n) is 1.85. The zero-order valence-corrected chi connectivity index (χ0v) is 10.3. The molecule has 2 rings (SSSR count). The number of aryl methyl sites for hydroxylation is 2. The van der Waals surface area contributed by atoms with Gasteiger partial charge in [0, 0.05) is 6.54 Å². The van der Waals surface area contributed by atoms with Crippen LogP contribution in [-0.2, 0) is 14.6 Å². The van der Waals surface area contributed by atoms with E-state index in [0.717, 1.165) is 11.1 Å². The highest BCUT2D eigenvalue weighted by molar-refractivity contribution is 7.93. The van der Waals surface area contributed by atoms with E-state index in [1.807, 2.05) is 6.92 Å². The maximum atomic E-state index is 12.1. The molecule has 1 aliphatic rings. The molecule has 0 radical (unpaired) electrons. The van der Waals surface area contributed by atoms with Gasteiger partial charge in [0.2, 0.25) is 0 Å². The summed E-state index contributed by atoms with van der Waals surface area (Å²) in [6, 6.07) is 3.27. The van der Waals surface area contributed by atoms with E-state index in [0.29, 0.717) is 5.69 Å². The zero-order chi connectivity index (χ0) is 12.8. The molecule has 0 amide bonds. The fraction of sp³-hybridized carbons (Fsp3) is 0.364. The Morgan fingerprint density at radius 2 is 1.94 bits per heavy atom. The van der Waals surface area contributed by atoms with Gasteiger partial charge >= 0.3 is 5.97 Å². The van der Waals surface area contributed by atoms with Crippen molar-refractivity contribution in [3.05, 3.63) is 23.3 Å². The molecule has 17 heavy (non-hydrogen) atoms. The van der Waals surface area contributed by atoms with Crippen molar-refractivity contribution in [2.45, 2.75) is 24.0 Å². The molecule has 6 heteroatoms. The third-order valence-corrected chi connectivity index (χ3v) is 5.10. The van der Waals surface area contributed by atoms with Crippen molar-refractivity contribution in [2.75, 3.05) is 11.9 Å². The second-order valence-corrected chi connectivity index (χ2v) is 6.28. The van der Waals surface area contributed by atoms with Crippen molar-refractivity contribution >= 4 is 21.5 Å². The van der Waals surface area contributed by atoms with E-state index >= 15 is 0 Å². The molecule has 0 bridgehead atoms. The second-order valence-electron chi connectivity index (χ2n) is 4.19. The quantitative estimate of drug-likeness (QED) is 0.780. The number of rotatable bonds is 1. The van der Waals surface area contributed by atoms with Crippen LogP contribution in [0.1, 0.15) is 11.1 Å². The zero-order valence-electron chi connectivity index (χ0n) is 9.52. The molecule has 0 saturated heterocycles. The van der Waals surface area contributed by atoms with Gasteiger partial charge in [-0.3, -0.25) is 4.79 Å². The Labute approximate surface area is 99.4 Å². The number of carbonyl (C=O) groups is 1. The smallest absolute Gasteiger partial charge is 0.324 e. The largest absolute Gasteiger partial charge is 0.480 e. The summed E-state index contributed by atoms with van der Waals surface area (Å²) in [6.45, 7) is 3.59. The van der Waals surface area contributed by atoms with Gasteiger partial charge in [-0.2, -0.15) is 0 Å². The number of anilines is 1. The van der Waals surface area contributed by atoms with Crippen LogP contribution < -0.4 is 5.32 Å². The maximum Gasteiger partial charge on any atom is 0.324 e. The van der Waals surface area contributed by atoms with Crippen molar-refractivity contribution in [1.29, 1.82) is 0 Å². The fourth-order valence-corrected chi connectivity index (χ4v) is 3.50. The first kappa shape index (κ1) is 11.9. The lowest BCUT2D eigenvalue weighted by Gasteiger charge is -2.24. The van der Waals surface area contributed by atoms with Gasteiger partial charge in [0.05, 0.1) is 10.6 Å². The molecule has 1 aliphatic heterocycles. The number of fused-ring (bicyclic) bond motifs is 1. The molecule has 0 aromatic heterocycles. The highest BCUT2D eigenvalue weighted by Gasteiger charge is 2.39. The predicted molar refractivity (Wildman–Crippen MR) is 63.0 cm³/mol. The van der Waals surface area contributed by atoms with E-state index in [9.17, 15) is 13.2 Å². The number of carboxylic acids is 1. The second kappa shape index (κ2) is 3.73. The summed E-state index contributed by atoms with van der Waals surface area (Å²) >= 11 is 0. The number of aliphatic carboxylic acids is 1. The molecule has 92 valence electrons. The Bertz CT molecular complexity index is 592. The van der Waals surface area contributed by atoms with Crippen molar-refractivity contribution in [3.8, 4) is 0 Å². The van der Waals surface area contributed by atoms with Crippen LogP contribution in [0.5, 0.6) is 0 Å². The van der Waals surface area contributed by atoms with Crippen LogP contribution in [-0.4, -0.2) is 31.3 Å². The third-order valence-electron chi connectivity index (χ3n) is 3.03. The summed E-state index contributed by atoms with van der Waals surface area (Å²) < 4.78 is 24.2. The molecule has 0 spiro atoms. The van der Waals surface area contributed by atoms with Crippen molar-refractivity contribution in [3.63, 3.8) is 0 Å². The van der Waals surface area contributed by atoms with Crippen LogP contribution in [0.25, 0.3) is 0 Å². The summed E-state index contributed by atoms with van der Waals surface area (Å²) in [5.74, 6) is -1.32. The number of hydrogen-bond donors (Lipinski definition) is 2. The van der Waals surface area contributed by atoms with Gasteiger partial charge < -0.3 is 10.4 Å². The monoisotopic (exact) mass is 255 g/mol. The average molecular weight is 255 g/mol. The number of hydrogen-bond acceptors (Lipinski definition) is 4. The molecular formula is C11H13NO4S. The molecule has 1 heterocycles. The molecule has 1 aromatic carbocycles. The number of nitrogens with one attached hydrogen (secondary N) is 1. The van der Waals surface area contributed by atoms with Crippen LogP contribution in [0.15, 0.2) is 17.0 Å². The predicted octanol–water partition coefficient (Wildman–Crippen LogP) is 0.956. The van der Waals surface area contributed by atoms with Crippen molar-refractivity contribution in [1.82, 2.24) is 0 Å². The summed E-state index contributed by atoms with van der Waals surface area (Å²) in [6.07, 6.45) is 0. The van der Waals surface area contributed by atoms with Gasteiger partial charge in [-0.05, 0) is 37.1 Å². The van der Waals surface area contributed by atoms with Gasteiger partial charge in [-0.15, -0.1) is 0 Å². The maximum absolute atomic E-state index is 12.1. The summed E-state index contributed by atoms with van der Waals surface area (Å²) in [4.78, 5) is 11.0. The standard InChI is InChI=1S/C11H13NO4S/c1-6-3-8-9(4-7(6)2)17(15,16)10(5-12-8)11(13)14/h3-4,10,12H,5H2,1-2H3,(H,13,14). The van der Waals surface area contributed by atoms with E-state index in [2.05, 4.69) is 5.32 Å². The Kier molecular flexibility index (Phi) is 2.61. The van der Waals surface area contributed by atoms with Gasteiger partial charge in [0.15, 0.2) is 15.1 Å².